The van der Waals surface area contributed by atoms with E-state index >= 15 is 0 Å². The lowest BCUT2D eigenvalue weighted by atomic mass is 9.90. The number of rotatable bonds is 4. The average molecular weight is 262 g/mol. The van der Waals surface area contributed by atoms with Crippen LogP contribution in [0.3, 0.4) is 0 Å². The van der Waals surface area contributed by atoms with Crippen LogP contribution in [0, 0.1) is 0 Å². The molecule has 1 aliphatic heterocycles. The normalized spacial score (nSPS) is 21.3. The van der Waals surface area contributed by atoms with Gasteiger partial charge in [0.2, 0.25) is 0 Å². The zero-order valence-corrected chi connectivity index (χ0v) is 12.5. The molecule has 1 aromatic heterocycles. The monoisotopic (exact) mass is 262 g/mol. The third kappa shape index (κ3) is 2.45. The summed E-state index contributed by atoms with van der Waals surface area (Å²) in [5, 5.41) is 5.05. The first-order chi connectivity index (χ1) is 9.22. The Morgan fingerprint density at radius 2 is 1.89 bits per heavy atom. The summed E-state index contributed by atoms with van der Waals surface area (Å²) in [7, 11) is 0. The number of ether oxygens (including phenoxy) is 1. The minimum Gasteiger partial charge on any atom is -0.381 e. The van der Waals surface area contributed by atoms with Gasteiger partial charge in [-0.2, -0.15) is 5.10 Å². The number of nitrogens with zero attached hydrogens (tertiary/aromatic N) is 2. The molecule has 0 amide bonds. The molecule has 0 unspecified atom stereocenters. The number of hydrogen-bond acceptors (Lipinski definition) is 2. The first-order valence-electron chi connectivity index (χ1n) is 7.91. The Morgan fingerprint density at radius 1 is 1.21 bits per heavy atom. The van der Waals surface area contributed by atoms with Crippen LogP contribution in [0.1, 0.15) is 81.3 Å². The summed E-state index contributed by atoms with van der Waals surface area (Å²) in [6.07, 6.45) is 6.04. The Labute approximate surface area is 116 Å². The molecule has 3 nitrogen and oxygen atoms in total. The molecule has 0 aromatic carbocycles. The van der Waals surface area contributed by atoms with Crippen molar-refractivity contribution in [1.29, 1.82) is 0 Å². The predicted molar refractivity (Wildman–Crippen MR) is 76.8 cm³/mol. The highest BCUT2D eigenvalue weighted by Crippen LogP contribution is 2.41. The number of aromatic nitrogens is 2. The van der Waals surface area contributed by atoms with Gasteiger partial charge in [-0.3, -0.25) is 4.68 Å². The summed E-state index contributed by atoms with van der Waals surface area (Å²) in [6, 6.07) is 0.691. The van der Waals surface area contributed by atoms with Crippen molar-refractivity contribution in [1.82, 2.24) is 9.78 Å². The Bertz CT molecular complexity index is 440. The van der Waals surface area contributed by atoms with Gasteiger partial charge >= 0.3 is 0 Å². The minimum atomic E-state index is 0.580. The second kappa shape index (κ2) is 5.28. The van der Waals surface area contributed by atoms with E-state index in [1.54, 1.807) is 0 Å². The third-order valence-electron chi connectivity index (χ3n) is 4.48. The van der Waals surface area contributed by atoms with Crippen LogP contribution in [0.4, 0.5) is 0 Å². The van der Waals surface area contributed by atoms with Gasteiger partial charge in [-0.05, 0) is 43.6 Å². The molecule has 2 aliphatic rings. The number of hydrogen-bond donors (Lipinski definition) is 0. The minimum absolute atomic E-state index is 0.580. The van der Waals surface area contributed by atoms with Crippen molar-refractivity contribution in [3.05, 3.63) is 17.0 Å². The largest absolute Gasteiger partial charge is 0.381 e. The smallest absolute Gasteiger partial charge is 0.0692 e. The summed E-state index contributed by atoms with van der Waals surface area (Å²) in [5.74, 6) is 1.21. The molecule has 0 radical (unpaired) electrons. The first kappa shape index (κ1) is 13.2. The van der Waals surface area contributed by atoms with Crippen LogP contribution in [0.15, 0.2) is 0 Å². The molecule has 1 saturated heterocycles. The maximum absolute atomic E-state index is 5.50. The van der Waals surface area contributed by atoms with Gasteiger partial charge in [0.1, 0.15) is 0 Å². The fourth-order valence-electron chi connectivity index (χ4n) is 3.37. The maximum Gasteiger partial charge on any atom is 0.0692 e. The van der Waals surface area contributed by atoms with Gasteiger partial charge < -0.3 is 4.74 Å². The van der Waals surface area contributed by atoms with Gasteiger partial charge in [-0.1, -0.05) is 20.8 Å². The Balaban J connectivity index is 2.00. The summed E-state index contributed by atoms with van der Waals surface area (Å²) < 4.78 is 7.87. The standard InChI is InChI=1S/C16H26N2O/c1-4-14-15(12-7-9-19-10-8-12)17-18(13-5-6-13)16(14)11(2)3/h11-13H,4-10H2,1-3H3. The van der Waals surface area contributed by atoms with E-state index in [4.69, 9.17) is 9.84 Å². The van der Waals surface area contributed by atoms with Gasteiger partial charge in [-0.25, -0.2) is 0 Å². The van der Waals surface area contributed by atoms with E-state index in [1.807, 2.05) is 0 Å². The maximum atomic E-state index is 5.50. The van der Waals surface area contributed by atoms with Crippen molar-refractivity contribution in [2.75, 3.05) is 13.2 Å². The molecule has 106 valence electrons. The van der Waals surface area contributed by atoms with Crippen LogP contribution in [-0.2, 0) is 11.2 Å². The van der Waals surface area contributed by atoms with E-state index in [9.17, 15) is 0 Å². The van der Waals surface area contributed by atoms with E-state index in [-0.39, 0.29) is 0 Å². The highest BCUT2D eigenvalue weighted by atomic mass is 16.5. The molecular formula is C16H26N2O. The van der Waals surface area contributed by atoms with Crippen LogP contribution in [-0.4, -0.2) is 23.0 Å². The van der Waals surface area contributed by atoms with Gasteiger partial charge in [0, 0.05) is 24.8 Å². The topological polar surface area (TPSA) is 27.1 Å². The van der Waals surface area contributed by atoms with E-state index in [0.29, 0.717) is 17.9 Å². The molecule has 3 rings (SSSR count). The molecule has 2 fully saturated rings. The Hall–Kier alpha value is -0.830. The van der Waals surface area contributed by atoms with Crippen molar-refractivity contribution in [3.63, 3.8) is 0 Å². The summed E-state index contributed by atoms with van der Waals surface area (Å²) in [6.45, 7) is 8.71. The highest BCUT2D eigenvalue weighted by molar-refractivity contribution is 5.32. The van der Waals surface area contributed by atoms with Crippen LogP contribution in [0.25, 0.3) is 0 Å². The lowest BCUT2D eigenvalue weighted by Crippen LogP contribution is -2.15. The lowest BCUT2D eigenvalue weighted by molar-refractivity contribution is 0.0842. The second-order valence-electron chi connectivity index (χ2n) is 6.32. The summed E-state index contributed by atoms with van der Waals surface area (Å²) in [5.41, 5.74) is 4.43. The SMILES string of the molecule is CCc1c(C2CCOCC2)nn(C2CC2)c1C(C)C. The first-order valence-corrected chi connectivity index (χ1v) is 7.91. The molecular weight excluding hydrogens is 236 g/mol. The van der Waals surface area contributed by atoms with Crippen molar-refractivity contribution >= 4 is 0 Å². The third-order valence-corrected chi connectivity index (χ3v) is 4.48. The fraction of sp³-hybridized carbons (Fsp3) is 0.812. The van der Waals surface area contributed by atoms with E-state index in [0.717, 1.165) is 32.5 Å². The fourth-order valence-corrected chi connectivity index (χ4v) is 3.37. The molecule has 0 atom stereocenters. The van der Waals surface area contributed by atoms with E-state index in [2.05, 4.69) is 25.5 Å². The molecule has 1 aromatic rings. The average Bonchev–Trinajstić information content (AvgIpc) is 3.19. The lowest BCUT2D eigenvalue weighted by Gasteiger charge is -2.21. The van der Waals surface area contributed by atoms with Crippen LogP contribution in [0.5, 0.6) is 0 Å². The van der Waals surface area contributed by atoms with Crippen LogP contribution in [0.2, 0.25) is 0 Å². The van der Waals surface area contributed by atoms with Crippen LogP contribution >= 0.6 is 0 Å². The molecule has 0 spiro atoms. The Kier molecular flexibility index (Phi) is 3.66. The van der Waals surface area contributed by atoms with Crippen molar-refractivity contribution in [3.8, 4) is 0 Å². The van der Waals surface area contributed by atoms with Gasteiger partial charge in [0.15, 0.2) is 0 Å². The predicted octanol–water partition coefficient (Wildman–Crippen LogP) is 3.80. The molecule has 19 heavy (non-hydrogen) atoms. The van der Waals surface area contributed by atoms with Crippen molar-refractivity contribution in [2.24, 2.45) is 0 Å². The van der Waals surface area contributed by atoms with Gasteiger partial charge in [0.05, 0.1) is 11.7 Å². The molecule has 1 saturated carbocycles. The van der Waals surface area contributed by atoms with Gasteiger partial charge in [-0.15, -0.1) is 0 Å². The van der Waals surface area contributed by atoms with E-state index in [1.165, 1.54) is 29.8 Å². The Morgan fingerprint density at radius 3 is 2.42 bits per heavy atom. The zero-order valence-electron chi connectivity index (χ0n) is 12.5. The molecule has 3 heteroatoms. The molecule has 0 bridgehead atoms. The van der Waals surface area contributed by atoms with Crippen molar-refractivity contribution in [2.45, 2.75) is 70.8 Å². The molecule has 2 heterocycles. The summed E-state index contributed by atoms with van der Waals surface area (Å²) in [4.78, 5) is 0. The second-order valence-corrected chi connectivity index (χ2v) is 6.32. The molecule has 1 aliphatic carbocycles. The van der Waals surface area contributed by atoms with Crippen molar-refractivity contribution < 1.29 is 4.74 Å². The molecule has 0 N–H and O–H groups in total. The summed E-state index contributed by atoms with van der Waals surface area (Å²) >= 11 is 0. The van der Waals surface area contributed by atoms with E-state index < -0.39 is 0 Å². The highest BCUT2D eigenvalue weighted by Gasteiger charge is 2.32. The zero-order chi connectivity index (χ0) is 13.4. The quantitative estimate of drug-likeness (QED) is 0.825. The van der Waals surface area contributed by atoms with Gasteiger partial charge in [0.25, 0.3) is 0 Å². The van der Waals surface area contributed by atoms with Crippen LogP contribution < -0.4 is 0 Å².